The number of carbonyl (C=O) groups is 1. The van der Waals surface area contributed by atoms with Crippen LogP contribution in [0.25, 0.3) is 0 Å². The Morgan fingerprint density at radius 3 is 2.75 bits per heavy atom. The smallest absolute Gasteiger partial charge is 0.258 e. The molecule has 0 aliphatic rings. The minimum Gasteiger partial charge on any atom is -0.398 e. The molecule has 0 aromatic heterocycles. The van der Waals surface area contributed by atoms with Gasteiger partial charge in [0.05, 0.1) is 11.3 Å². The first-order valence-corrected chi connectivity index (χ1v) is 6.87. The SMILES string of the molecule is Cc1cc(Br)c(NC(=O)c2cc(Cl)ccc2F)cc1N. The van der Waals surface area contributed by atoms with E-state index in [4.69, 9.17) is 17.3 Å². The second-order valence-corrected chi connectivity index (χ2v) is 5.56. The molecule has 0 bridgehead atoms. The van der Waals surface area contributed by atoms with Crippen LogP contribution in [0.3, 0.4) is 0 Å². The fraction of sp³-hybridized carbons (Fsp3) is 0.0714. The number of rotatable bonds is 2. The second kappa shape index (κ2) is 5.81. The van der Waals surface area contributed by atoms with Crippen LogP contribution in [0.4, 0.5) is 15.8 Å². The first-order valence-electron chi connectivity index (χ1n) is 5.70. The van der Waals surface area contributed by atoms with E-state index in [0.29, 0.717) is 20.9 Å². The molecule has 0 spiro atoms. The summed E-state index contributed by atoms with van der Waals surface area (Å²) in [6.45, 7) is 1.85. The van der Waals surface area contributed by atoms with E-state index in [1.165, 1.54) is 12.1 Å². The third-order valence-corrected chi connectivity index (χ3v) is 3.67. The third kappa shape index (κ3) is 3.11. The standard InChI is InChI=1S/C14H11BrClFN2O/c1-7-4-10(15)13(6-12(7)18)19-14(20)9-5-8(16)2-3-11(9)17/h2-6H,18H2,1H3,(H,19,20). The molecule has 0 fully saturated rings. The number of halogens is 3. The molecule has 6 heteroatoms. The second-order valence-electron chi connectivity index (χ2n) is 4.27. The van der Waals surface area contributed by atoms with Crippen molar-refractivity contribution >= 4 is 44.8 Å². The number of carbonyl (C=O) groups excluding carboxylic acids is 1. The van der Waals surface area contributed by atoms with Crippen molar-refractivity contribution < 1.29 is 9.18 Å². The van der Waals surface area contributed by atoms with E-state index in [2.05, 4.69) is 21.2 Å². The summed E-state index contributed by atoms with van der Waals surface area (Å²) >= 11 is 9.09. The van der Waals surface area contributed by atoms with Crippen molar-refractivity contribution in [1.82, 2.24) is 0 Å². The number of benzene rings is 2. The highest BCUT2D eigenvalue weighted by Crippen LogP contribution is 2.28. The largest absolute Gasteiger partial charge is 0.398 e. The van der Waals surface area contributed by atoms with Gasteiger partial charge in [0, 0.05) is 15.2 Å². The number of hydrogen-bond donors (Lipinski definition) is 2. The van der Waals surface area contributed by atoms with Gasteiger partial charge in [-0.1, -0.05) is 11.6 Å². The summed E-state index contributed by atoms with van der Waals surface area (Å²) in [7, 11) is 0. The molecule has 1 amide bonds. The predicted molar refractivity (Wildman–Crippen MR) is 82.7 cm³/mol. The van der Waals surface area contributed by atoms with E-state index in [9.17, 15) is 9.18 Å². The molecule has 2 aromatic rings. The first-order chi connectivity index (χ1) is 9.38. The van der Waals surface area contributed by atoms with Gasteiger partial charge in [0.2, 0.25) is 0 Å². The molecule has 0 unspecified atom stereocenters. The third-order valence-electron chi connectivity index (χ3n) is 2.78. The summed E-state index contributed by atoms with van der Waals surface area (Å²) in [6.07, 6.45) is 0. The molecule has 2 aromatic carbocycles. The van der Waals surface area contributed by atoms with Gasteiger partial charge >= 0.3 is 0 Å². The van der Waals surface area contributed by atoms with Crippen LogP contribution in [-0.4, -0.2) is 5.91 Å². The number of nitrogen functional groups attached to an aromatic ring is 1. The Bertz CT molecular complexity index is 691. The summed E-state index contributed by atoms with van der Waals surface area (Å²) in [5.41, 5.74) is 7.55. The van der Waals surface area contributed by atoms with Crippen LogP contribution < -0.4 is 11.1 Å². The van der Waals surface area contributed by atoms with Crippen molar-refractivity contribution in [2.75, 3.05) is 11.1 Å². The monoisotopic (exact) mass is 356 g/mol. The average Bonchev–Trinajstić information content (AvgIpc) is 2.38. The lowest BCUT2D eigenvalue weighted by Crippen LogP contribution is -2.14. The molecular formula is C14H11BrClFN2O. The molecule has 104 valence electrons. The van der Waals surface area contributed by atoms with Gasteiger partial charge < -0.3 is 11.1 Å². The van der Waals surface area contributed by atoms with Gasteiger partial charge in [-0.2, -0.15) is 0 Å². The van der Waals surface area contributed by atoms with Gasteiger partial charge in [-0.25, -0.2) is 4.39 Å². The molecule has 0 atom stereocenters. The van der Waals surface area contributed by atoms with E-state index >= 15 is 0 Å². The Morgan fingerprint density at radius 1 is 1.35 bits per heavy atom. The van der Waals surface area contributed by atoms with Crippen molar-refractivity contribution in [1.29, 1.82) is 0 Å². The highest BCUT2D eigenvalue weighted by atomic mass is 79.9. The molecule has 2 rings (SSSR count). The minimum absolute atomic E-state index is 0.122. The molecule has 20 heavy (non-hydrogen) atoms. The van der Waals surface area contributed by atoms with Crippen LogP contribution in [0, 0.1) is 12.7 Å². The lowest BCUT2D eigenvalue weighted by atomic mass is 10.1. The molecule has 0 saturated carbocycles. The number of amides is 1. The summed E-state index contributed by atoms with van der Waals surface area (Å²) in [5, 5.41) is 2.89. The molecular weight excluding hydrogens is 347 g/mol. The number of hydrogen-bond acceptors (Lipinski definition) is 2. The zero-order valence-electron chi connectivity index (χ0n) is 10.5. The maximum Gasteiger partial charge on any atom is 0.258 e. The fourth-order valence-electron chi connectivity index (χ4n) is 1.65. The van der Waals surface area contributed by atoms with Crippen molar-refractivity contribution in [2.45, 2.75) is 6.92 Å². The highest BCUT2D eigenvalue weighted by Gasteiger charge is 2.14. The Balaban J connectivity index is 2.32. The molecule has 0 aliphatic carbocycles. The Hall–Kier alpha value is -1.59. The Kier molecular flexibility index (Phi) is 4.30. The topological polar surface area (TPSA) is 55.1 Å². The van der Waals surface area contributed by atoms with Gasteiger partial charge in [0.1, 0.15) is 5.82 Å². The van der Waals surface area contributed by atoms with E-state index in [0.717, 1.165) is 11.6 Å². The van der Waals surface area contributed by atoms with E-state index in [-0.39, 0.29) is 5.56 Å². The molecule has 0 aliphatic heterocycles. The molecule has 0 radical (unpaired) electrons. The summed E-state index contributed by atoms with van der Waals surface area (Å²) in [6, 6.07) is 7.19. The molecule has 0 heterocycles. The predicted octanol–water partition coefficient (Wildman–Crippen LogP) is 4.38. The fourth-order valence-corrected chi connectivity index (χ4v) is 2.38. The summed E-state index contributed by atoms with van der Waals surface area (Å²) < 4.78 is 14.3. The summed E-state index contributed by atoms with van der Waals surface area (Å²) in [5.74, 6) is -1.22. The van der Waals surface area contributed by atoms with E-state index in [1.807, 2.05) is 6.92 Å². The van der Waals surface area contributed by atoms with Gasteiger partial charge in [-0.15, -0.1) is 0 Å². The van der Waals surface area contributed by atoms with Crippen LogP contribution in [0.2, 0.25) is 5.02 Å². The highest BCUT2D eigenvalue weighted by molar-refractivity contribution is 9.10. The van der Waals surface area contributed by atoms with Crippen LogP contribution in [-0.2, 0) is 0 Å². The number of nitrogens with one attached hydrogen (secondary N) is 1. The van der Waals surface area contributed by atoms with Gasteiger partial charge in [0.15, 0.2) is 0 Å². The zero-order chi connectivity index (χ0) is 14.9. The van der Waals surface area contributed by atoms with Gasteiger partial charge in [0.25, 0.3) is 5.91 Å². The number of anilines is 2. The van der Waals surface area contributed by atoms with Crippen LogP contribution in [0.1, 0.15) is 15.9 Å². The molecule has 3 N–H and O–H groups in total. The normalized spacial score (nSPS) is 10.4. The zero-order valence-corrected chi connectivity index (χ0v) is 12.8. The maximum absolute atomic E-state index is 13.6. The molecule has 3 nitrogen and oxygen atoms in total. The van der Waals surface area contributed by atoms with Gasteiger partial charge in [-0.3, -0.25) is 4.79 Å². The van der Waals surface area contributed by atoms with Crippen molar-refractivity contribution in [2.24, 2.45) is 0 Å². The number of aryl methyl sites for hydroxylation is 1. The Morgan fingerprint density at radius 2 is 2.05 bits per heavy atom. The summed E-state index contributed by atoms with van der Waals surface area (Å²) in [4.78, 5) is 12.1. The van der Waals surface area contributed by atoms with E-state index in [1.54, 1.807) is 12.1 Å². The average molecular weight is 358 g/mol. The maximum atomic E-state index is 13.6. The molecule has 0 saturated heterocycles. The quantitative estimate of drug-likeness (QED) is 0.783. The van der Waals surface area contributed by atoms with Crippen LogP contribution >= 0.6 is 27.5 Å². The minimum atomic E-state index is -0.636. The van der Waals surface area contributed by atoms with Crippen molar-refractivity contribution in [3.05, 3.63) is 56.8 Å². The van der Waals surface area contributed by atoms with Gasteiger partial charge in [-0.05, 0) is 58.7 Å². The van der Waals surface area contributed by atoms with E-state index < -0.39 is 11.7 Å². The van der Waals surface area contributed by atoms with Crippen LogP contribution in [0.15, 0.2) is 34.8 Å². The van der Waals surface area contributed by atoms with Crippen molar-refractivity contribution in [3.8, 4) is 0 Å². The lowest BCUT2D eigenvalue weighted by molar-refractivity contribution is 0.102. The van der Waals surface area contributed by atoms with Crippen molar-refractivity contribution in [3.63, 3.8) is 0 Å². The number of nitrogens with two attached hydrogens (primary N) is 1. The lowest BCUT2D eigenvalue weighted by Gasteiger charge is -2.11. The first kappa shape index (κ1) is 14.8. The Labute approximate surface area is 129 Å². The van der Waals surface area contributed by atoms with Crippen LogP contribution in [0.5, 0.6) is 0 Å².